The van der Waals surface area contributed by atoms with Crippen LogP contribution in [0.25, 0.3) is 11.1 Å². The van der Waals surface area contributed by atoms with Crippen LogP contribution in [0.15, 0.2) is 61.1 Å². The lowest BCUT2D eigenvalue weighted by Crippen LogP contribution is -2.24. The second-order valence-electron chi connectivity index (χ2n) is 5.46. The minimum absolute atomic E-state index is 0.149. The van der Waals surface area contributed by atoms with Gasteiger partial charge in [0.2, 0.25) is 5.91 Å². The molecule has 1 aromatic carbocycles. The zero-order chi connectivity index (χ0) is 16.2. The van der Waals surface area contributed by atoms with E-state index in [1.165, 1.54) is 0 Å². The zero-order valence-electron chi connectivity index (χ0n) is 13.1. The summed E-state index contributed by atoms with van der Waals surface area (Å²) in [6.07, 6.45) is 5.37. The number of carbonyl (C=O) groups excluding carboxylic acids is 1. The Morgan fingerprint density at radius 2 is 1.87 bits per heavy atom. The number of aromatic nitrogens is 3. The lowest BCUT2D eigenvalue weighted by atomic mass is 10.1. The van der Waals surface area contributed by atoms with Crippen molar-refractivity contribution in [2.24, 2.45) is 0 Å². The number of nitrogens with one attached hydrogen (secondary N) is 1. The van der Waals surface area contributed by atoms with Crippen molar-refractivity contribution in [3.63, 3.8) is 0 Å². The maximum absolute atomic E-state index is 12.3. The number of hydrogen-bond donors (Lipinski definition) is 1. The summed E-state index contributed by atoms with van der Waals surface area (Å²) in [5, 5.41) is 7.11. The van der Waals surface area contributed by atoms with Crippen LogP contribution in [0.3, 0.4) is 0 Å². The minimum atomic E-state index is -0.421. The topological polar surface area (TPSA) is 59.8 Å². The molecule has 23 heavy (non-hydrogen) atoms. The molecule has 0 aliphatic heterocycles. The van der Waals surface area contributed by atoms with Crippen molar-refractivity contribution >= 4 is 11.7 Å². The lowest BCUT2D eigenvalue weighted by molar-refractivity contribution is -0.119. The number of amides is 1. The third-order valence-corrected chi connectivity index (χ3v) is 3.65. The SMILES string of the molecule is Cc1ccc(NC(=O)C(C)n2cc(-c3ccccc3)cn2)nc1. The Kier molecular flexibility index (Phi) is 4.19. The van der Waals surface area contributed by atoms with Gasteiger partial charge in [-0.05, 0) is 31.0 Å². The van der Waals surface area contributed by atoms with Gasteiger partial charge in [-0.25, -0.2) is 4.98 Å². The number of aryl methyl sites for hydroxylation is 1. The highest BCUT2D eigenvalue weighted by molar-refractivity contribution is 5.92. The van der Waals surface area contributed by atoms with E-state index in [2.05, 4.69) is 15.4 Å². The third-order valence-electron chi connectivity index (χ3n) is 3.65. The van der Waals surface area contributed by atoms with Gasteiger partial charge in [-0.3, -0.25) is 9.48 Å². The Hall–Kier alpha value is -2.95. The summed E-state index contributed by atoms with van der Waals surface area (Å²) in [5.74, 6) is 0.395. The number of benzene rings is 1. The van der Waals surface area contributed by atoms with E-state index in [9.17, 15) is 4.79 Å². The second kappa shape index (κ2) is 6.44. The summed E-state index contributed by atoms with van der Waals surface area (Å²) in [5.41, 5.74) is 3.11. The smallest absolute Gasteiger partial charge is 0.250 e. The summed E-state index contributed by atoms with van der Waals surface area (Å²) >= 11 is 0. The van der Waals surface area contributed by atoms with Gasteiger partial charge >= 0.3 is 0 Å². The van der Waals surface area contributed by atoms with Gasteiger partial charge in [0.1, 0.15) is 11.9 Å². The van der Waals surface area contributed by atoms with Crippen molar-refractivity contribution in [1.82, 2.24) is 14.8 Å². The van der Waals surface area contributed by atoms with E-state index in [0.29, 0.717) is 5.82 Å². The highest BCUT2D eigenvalue weighted by atomic mass is 16.2. The van der Waals surface area contributed by atoms with E-state index in [-0.39, 0.29) is 5.91 Å². The summed E-state index contributed by atoms with van der Waals surface area (Å²) in [4.78, 5) is 16.5. The second-order valence-corrected chi connectivity index (χ2v) is 5.46. The Bertz CT molecular complexity index is 793. The third kappa shape index (κ3) is 3.45. The fraction of sp³-hybridized carbons (Fsp3) is 0.167. The van der Waals surface area contributed by atoms with Crippen molar-refractivity contribution in [1.29, 1.82) is 0 Å². The average molecular weight is 306 g/mol. The molecule has 0 fully saturated rings. The van der Waals surface area contributed by atoms with Gasteiger partial charge in [-0.1, -0.05) is 36.4 Å². The van der Waals surface area contributed by atoms with E-state index in [1.54, 1.807) is 23.1 Å². The molecule has 2 aromatic heterocycles. The molecule has 2 heterocycles. The molecule has 0 aliphatic rings. The highest BCUT2D eigenvalue weighted by Gasteiger charge is 2.16. The van der Waals surface area contributed by atoms with Crippen molar-refractivity contribution in [2.75, 3.05) is 5.32 Å². The number of nitrogens with zero attached hydrogens (tertiary/aromatic N) is 3. The molecule has 0 spiro atoms. The number of pyridine rings is 1. The van der Waals surface area contributed by atoms with Gasteiger partial charge in [-0.2, -0.15) is 5.10 Å². The molecule has 0 saturated heterocycles. The molecule has 1 atom stereocenters. The van der Waals surface area contributed by atoms with Crippen LogP contribution in [0, 0.1) is 6.92 Å². The van der Waals surface area contributed by atoms with Crippen LogP contribution in [0.2, 0.25) is 0 Å². The van der Waals surface area contributed by atoms with E-state index in [0.717, 1.165) is 16.7 Å². The van der Waals surface area contributed by atoms with Crippen molar-refractivity contribution < 1.29 is 4.79 Å². The van der Waals surface area contributed by atoms with Crippen molar-refractivity contribution in [3.05, 3.63) is 66.6 Å². The van der Waals surface area contributed by atoms with Crippen LogP contribution in [0.4, 0.5) is 5.82 Å². The van der Waals surface area contributed by atoms with E-state index >= 15 is 0 Å². The first-order valence-electron chi connectivity index (χ1n) is 7.46. The van der Waals surface area contributed by atoms with Crippen LogP contribution in [0.1, 0.15) is 18.5 Å². The molecule has 1 unspecified atom stereocenters. The normalized spacial score (nSPS) is 11.9. The van der Waals surface area contributed by atoms with Crippen molar-refractivity contribution in [3.8, 4) is 11.1 Å². The molecule has 3 aromatic rings. The maximum atomic E-state index is 12.3. The molecule has 0 aliphatic carbocycles. The Labute approximate surface area is 135 Å². The van der Waals surface area contributed by atoms with Gasteiger partial charge in [0.05, 0.1) is 6.20 Å². The Morgan fingerprint density at radius 1 is 1.09 bits per heavy atom. The predicted octanol–water partition coefficient (Wildman–Crippen LogP) is 3.45. The number of rotatable bonds is 4. The molecule has 0 radical (unpaired) electrons. The molecular weight excluding hydrogens is 288 g/mol. The van der Waals surface area contributed by atoms with E-state index < -0.39 is 6.04 Å². The first-order valence-corrected chi connectivity index (χ1v) is 7.46. The fourth-order valence-corrected chi connectivity index (χ4v) is 2.22. The van der Waals surface area contributed by atoms with Gasteiger partial charge in [0.25, 0.3) is 0 Å². The van der Waals surface area contributed by atoms with Crippen LogP contribution in [-0.4, -0.2) is 20.7 Å². The molecule has 5 heteroatoms. The van der Waals surface area contributed by atoms with Crippen LogP contribution < -0.4 is 5.32 Å². The fourth-order valence-electron chi connectivity index (χ4n) is 2.22. The van der Waals surface area contributed by atoms with Crippen molar-refractivity contribution in [2.45, 2.75) is 19.9 Å². The summed E-state index contributed by atoms with van der Waals surface area (Å²) in [6.45, 7) is 3.77. The summed E-state index contributed by atoms with van der Waals surface area (Å²) < 4.78 is 1.66. The van der Waals surface area contributed by atoms with Crippen LogP contribution in [0.5, 0.6) is 0 Å². The molecule has 0 bridgehead atoms. The lowest BCUT2D eigenvalue weighted by Gasteiger charge is -2.12. The van der Waals surface area contributed by atoms with Gasteiger partial charge in [0.15, 0.2) is 0 Å². The summed E-state index contributed by atoms with van der Waals surface area (Å²) in [6, 6.07) is 13.2. The molecular formula is C18H18N4O. The quantitative estimate of drug-likeness (QED) is 0.803. The van der Waals surface area contributed by atoms with Gasteiger partial charge < -0.3 is 5.32 Å². The van der Waals surface area contributed by atoms with Crippen LogP contribution in [-0.2, 0) is 4.79 Å². The zero-order valence-corrected chi connectivity index (χ0v) is 13.1. The van der Waals surface area contributed by atoms with Gasteiger partial charge in [0, 0.05) is 18.0 Å². The first-order chi connectivity index (χ1) is 11.1. The molecule has 116 valence electrons. The Morgan fingerprint density at radius 3 is 2.57 bits per heavy atom. The van der Waals surface area contributed by atoms with Crippen LogP contribution >= 0.6 is 0 Å². The standard InChI is InChI=1S/C18H18N4O/c1-13-8-9-17(19-10-13)21-18(23)14(2)22-12-16(11-20-22)15-6-4-3-5-7-15/h3-12,14H,1-2H3,(H,19,21,23). The molecule has 1 N–H and O–H groups in total. The number of carbonyl (C=O) groups is 1. The highest BCUT2D eigenvalue weighted by Crippen LogP contribution is 2.20. The molecule has 1 amide bonds. The number of anilines is 1. The first kappa shape index (κ1) is 15.0. The van der Waals surface area contributed by atoms with E-state index in [4.69, 9.17) is 0 Å². The number of hydrogen-bond acceptors (Lipinski definition) is 3. The maximum Gasteiger partial charge on any atom is 0.250 e. The predicted molar refractivity (Wildman–Crippen MR) is 90.0 cm³/mol. The van der Waals surface area contributed by atoms with E-state index in [1.807, 2.05) is 56.4 Å². The molecule has 0 saturated carbocycles. The summed E-state index contributed by atoms with van der Waals surface area (Å²) in [7, 11) is 0. The average Bonchev–Trinajstić information content (AvgIpc) is 3.07. The molecule has 5 nitrogen and oxygen atoms in total. The minimum Gasteiger partial charge on any atom is -0.309 e. The monoisotopic (exact) mass is 306 g/mol. The van der Waals surface area contributed by atoms with Gasteiger partial charge in [-0.15, -0.1) is 0 Å². The largest absolute Gasteiger partial charge is 0.309 e. The molecule has 3 rings (SSSR count). The Balaban J connectivity index is 1.72.